The fourth-order valence-corrected chi connectivity index (χ4v) is 5.07. The maximum atomic E-state index is 13.8. The van der Waals surface area contributed by atoms with Crippen LogP contribution in [0.15, 0.2) is 59.3 Å². The lowest BCUT2D eigenvalue weighted by molar-refractivity contribution is -0.143. The molecule has 10 nitrogen and oxygen atoms in total. The number of rotatable bonds is 7. The van der Waals surface area contributed by atoms with Gasteiger partial charge in [0.2, 0.25) is 11.8 Å². The molecule has 0 N–H and O–H groups in total. The summed E-state index contributed by atoms with van der Waals surface area (Å²) in [4.78, 5) is 37.1. The van der Waals surface area contributed by atoms with E-state index in [1.54, 1.807) is 25.7 Å². The van der Waals surface area contributed by atoms with Gasteiger partial charge in [-0.1, -0.05) is 6.07 Å². The molecule has 2 aromatic carbocycles. The van der Waals surface area contributed by atoms with E-state index in [2.05, 4.69) is 20.2 Å². The molecule has 49 heavy (non-hydrogen) atoms. The first-order valence-electron chi connectivity index (χ1n) is 14.8. The Morgan fingerprint density at radius 2 is 1.63 bits per heavy atom. The van der Waals surface area contributed by atoms with Gasteiger partial charge in [-0.2, -0.15) is 26.3 Å². The van der Waals surface area contributed by atoms with Crippen LogP contribution in [0.5, 0.6) is 0 Å². The minimum atomic E-state index is -5.19. The average molecular weight is 695 g/mol. The summed E-state index contributed by atoms with van der Waals surface area (Å²) < 4.78 is 106. The van der Waals surface area contributed by atoms with Crippen molar-refractivity contribution < 1.29 is 49.5 Å². The van der Waals surface area contributed by atoms with Gasteiger partial charge in [-0.3, -0.25) is 4.79 Å². The van der Waals surface area contributed by atoms with E-state index in [4.69, 9.17) is 9.15 Å². The van der Waals surface area contributed by atoms with E-state index in [9.17, 15) is 40.3 Å². The summed E-state index contributed by atoms with van der Waals surface area (Å²) >= 11 is 0. The lowest BCUT2D eigenvalue weighted by Crippen LogP contribution is -2.35. The lowest BCUT2D eigenvalue weighted by Gasteiger charge is -2.24. The van der Waals surface area contributed by atoms with Gasteiger partial charge in [-0.25, -0.2) is 19.2 Å². The summed E-state index contributed by atoms with van der Waals surface area (Å²) in [6.07, 6.45) is -8.13. The molecule has 1 unspecified atom stereocenters. The van der Waals surface area contributed by atoms with Crippen molar-refractivity contribution in [2.45, 2.75) is 64.0 Å². The van der Waals surface area contributed by atoms with E-state index in [0.29, 0.717) is 43.0 Å². The van der Waals surface area contributed by atoms with Crippen LogP contribution in [0.2, 0.25) is 0 Å². The molecule has 2 amide bonds. The number of anilines is 1. The summed E-state index contributed by atoms with van der Waals surface area (Å²) in [7, 11) is 0. The van der Waals surface area contributed by atoms with Crippen LogP contribution in [-0.4, -0.2) is 55.8 Å². The molecule has 0 spiro atoms. The van der Waals surface area contributed by atoms with Crippen molar-refractivity contribution in [2.24, 2.45) is 0 Å². The Labute approximate surface area is 274 Å². The zero-order chi connectivity index (χ0) is 35.7. The molecular formula is C32H29F7N6O4. The quantitative estimate of drug-likeness (QED) is 0.187. The second-order valence-corrected chi connectivity index (χ2v) is 12.2. The molecular weight excluding hydrogens is 665 g/mol. The molecule has 3 heterocycles. The van der Waals surface area contributed by atoms with Crippen LogP contribution < -0.4 is 4.90 Å². The first kappa shape index (κ1) is 35.2. The number of amides is 2. The lowest BCUT2D eigenvalue weighted by atomic mass is 10.00. The second kappa shape index (κ2) is 13.4. The molecule has 4 aromatic rings. The zero-order valence-corrected chi connectivity index (χ0v) is 26.3. The largest absolute Gasteiger partial charge is 0.444 e. The number of ether oxygens (including phenoxy) is 1. The fraction of sp³-hybridized carbons (Fsp3) is 0.375. The Hall–Kier alpha value is -5.09. The Bertz CT molecular complexity index is 1800. The minimum absolute atomic E-state index is 0.0445. The molecule has 0 bridgehead atoms. The highest BCUT2D eigenvalue weighted by Crippen LogP contribution is 2.38. The van der Waals surface area contributed by atoms with Crippen LogP contribution in [0, 0.1) is 5.82 Å². The van der Waals surface area contributed by atoms with Crippen molar-refractivity contribution in [2.75, 3.05) is 18.0 Å². The topological polar surface area (TPSA) is 115 Å². The maximum Gasteiger partial charge on any atom is 0.416 e. The molecule has 1 atom stereocenters. The number of carbonyl (C=O) groups excluding carboxylic acids is 2. The number of nitrogens with zero attached hydrogens (tertiary/aromatic N) is 6. The summed E-state index contributed by atoms with van der Waals surface area (Å²) in [6.45, 7) is 5.69. The van der Waals surface area contributed by atoms with Crippen LogP contribution in [0.4, 0.5) is 41.2 Å². The molecule has 0 radical (unpaired) electrons. The molecule has 1 aliphatic heterocycles. The molecule has 1 saturated heterocycles. The third kappa shape index (κ3) is 8.69. The summed E-state index contributed by atoms with van der Waals surface area (Å²) in [6, 6.07) is 5.44. The third-order valence-electron chi connectivity index (χ3n) is 7.41. The average Bonchev–Trinajstić information content (AvgIpc) is 3.70. The predicted molar refractivity (Wildman–Crippen MR) is 158 cm³/mol. The van der Waals surface area contributed by atoms with Crippen LogP contribution in [0.25, 0.3) is 11.5 Å². The number of halogens is 7. The molecule has 5 rings (SSSR count). The monoisotopic (exact) mass is 694 g/mol. The number of carbonyl (C=O) groups is 2. The van der Waals surface area contributed by atoms with E-state index in [-0.39, 0.29) is 29.5 Å². The molecule has 1 fully saturated rings. The normalized spacial score (nSPS) is 15.4. The molecule has 260 valence electrons. The highest BCUT2D eigenvalue weighted by molar-refractivity contribution is 5.94. The van der Waals surface area contributed by atoms with Gasteiger partial charge in [0.1, 0.15) is 23.8 Å². The van der Waals surface area contributed by atoms with Crippen LogP contribution in [0.1, 0.15) is 61.5 Å². The smallest absolute Gasteiger partial charge is 0.416 e. The number of hydrogen-bond acceptors (Lipinski definition) is 8. The maximum absolute atomic E-state index is 13.8. The van der Waals surface area contributed by atoms with Crippen molar-refractivity contribution in [3.8, 4) is 11.5 Å². The summed E-state index contributed by atoms with van der Waals surface area (Å²) in [5.41, 5.74) is -4.11. The number of benzene rings is 2. The predicted octanol–water partition coefficient (Wildman–Crippen LogP) is 7.20. The fourth-order valence-electron chi connectivity index (χ4n) is 5.07. The Kier molecular flexibility index (Phi) is 9.65. The van der Waals surface area contributed by atoms with Crippen molar-refractivity contribution in [1.82, 2.24) is 25.1 Å². The Morgan fingerprint density at radius 1 is 0.959 bits per heavy atom. The van der Waals surface area contributed by atoms with E-state index in [1.807, 2.05) is 0 Å². The van der Waals surface area contributed by atoms with Gasteiger partial charge in [0, 0.05) is 37.1 Å². The van der Waals surface area contributed by atoms with Crippen LogP contribution in [0.3, 0.4) is 0 Å². The zero-order valence-electron chi connectivity index (χ0n) is 26.3. The summed E-state index contributed by atoms with van der Waals surface area (Å²) in [5, 5.41) is 7.86. The van der Waals surface area contributed by atoms with Gasteiger partial charge in [-0.05, 0) is 69.2 Å². The van der Waals surface area contributed by atoms with Crippen LogP contribution in [-0.2, 0) is 34.8 Å². The van der Waals surface area contributed by atoms with E-state index < -0.39 is 65.4 Å². The number of hydrogen-bond donors (Lipinski definition) is 0. The molecule has 0 saturated carbocycles. The van der Waals surface area contributed by atoms with Crippen molar-refractivity contribution in [3.05, 3.63) is 89.1 Å². The number of likely N-dealkylation sites (tertiary alicyclic amines) is 1. The molecule has 1 aliphatic rings. The molecule has 17 heteroatoms. The van der Waals surface area contributed by atoms with Gasteiger partial charge in [0.25, 0.3) is 5.89 Å². The summed E-state index contributed by atoms with van der Waals surface area (Å²) in [5.74, 6) is -1.50. The van der Waals surface area contributed by atoms with Crippen molar-refractivity contribution >= 4 is 17.7 Å². The van der Waals surface area contributed by atoms with Gasteiger partial charge >= 0.3 is 18.4 Å². The third-order valence-corrected chi connectivity index (χ3v) is 7.41. The van der Waals surface area contributed by atoms with E-state index in [1.165, 1.54) is 24.5 Å². The first-order chi connectivity index (χ1) is 22.9. The number of aromatic nitrogens is 4. The van der Waals surface area contributed by atoms with E-state index in [0.717, 1.165) is 17.0 Å². The van der Waals surface area contributed by atoms with Crippen LogP contribution >= 0.6 is 0 Å². The van der Waals surface area contributed by atoms with Gasteiger partial charge < -0.3 is 19.0 Å². The second-order valence-electron chi connectivity index (χ2n) is 12.2. The SMILES string of the molecule is CC(C)(C)OC(=O)N1CCC(c2ncc(-c3nnc(CN(C(=O)Cc4ccc(C(F)(F)F)cc4C(F)(F)F)c4ccc(F)cc4)o3)cn2)C1. The standard InChI is InChI=1S/C32H29F7N6O4/c1-30(2,3)49-29(47)44-11-10-19(16-44)27-40-14-20(15-41-27)28-43-42-25(48-28)17-45(23-8-6-22(33)7-9-23)26(46)12-18-4-5-21(31(34,35)36)13-24(18)32(37,38)39/h4-9,13-15,19H,10-12,16-17H2,1-3H3. The van der Waals surface area contributed by atoms with Gasteiger partial charge in [-0.15, -0.1) is 10.2 Å². The van der Waals surface area contributed by atoms with Gasteiger partial charge in [0.05, 0.1) is 23.1 Å². The van der Waals surface area contributed by atoms with Gasteiger partial charge in [0.15, 0.2) is 0 Å². The molecule has 0 aliphatic carbocycles. The molecule has 2 aromatic heterocycles. The van der Waals surface area contributed by atoms with Crippen molar-refractivity contribution in [3.63, 3.8) is 0 Å². The minimum Gasteiger partial charge on any atom is -0.444 e. The first-order valence-corrected chi connectivity index (χ1v) is 14.8. The highest BCUT2D eigenvalue weighted by atomic mass is 19.4. The Balaban J connectivity index is 1.33. The van der Waals surface area contributed by atoms with E-state index >= 15 is 0 Å². The number of alkyl halides is 6. The highest BCUT2D eigenvalue weighted by Gasteiger charge is 2.39. The Morgan fingerprint density at radius 3 is 2.24 bits per heavy atom. The van der Waals surface area contributed by atoms with Crippen molar-refractivity contribution in [1.29, 1.82) is 0 Å².